The standard InChI is InChI=1S/C27H34F3N3O5S/c1-4-24(26(35)31-21-9-5-6-10-21)32(17-19-12-14-23(38-2)15-13-19)25(34)18-33(39(3,36)37)22-11-7-8-20(16-22)27(28,29)30/h7-8,11-16,21,24H,4-6,9-10,17-18H2,1-3H3,(H,31,35)/t24-/m0/s1. The van der Waals surface area contributed by atoms with Crippen LogP contribution in [0.25, 0.3) is 0 Å². The Labute approximate surface area is 227 Å². The zero-order chi connectivity index (χ0) is 28.8. The Morgan fingerprint density at radius 2 is 1.74 bits per heavy atom. The molecule has 2 amide bonds. The number of methoxy groups -OCH3 is 1. The summed E-state index contributed by atoms with van der Waals surface area (Å²) in [7, 11) is -2.65. The molecule has 2 aromatic carbocycles. The molecule has 1 N–H and O–H groups in total. The normalized spacial score (nSPS) is 15.0. The van der Waals surface area contributed by atoms with Crippen LogP contribution in [0.5, 0.6) is 5.75 Å². The Hall–Kier alpha value is -3.28. The van der Waals surface area contributed by atoms with E-state index in [4.69, 9.17) is 4.74 Å². The minimum Gasteiger partial charge on any atom is -0.497 e. The monoisotopic (exact) mass is 569 g/mol. The summed E-state index contributed by atoms with van der Waals surface area (Å²) in [6, 6.07) is 9.72. The molecule has 8 nitrogen and oxygen atoms in total. The number of halogens is 3. The van der Waals surface area contributed by atoms with E-state index >= 15 is 0 Å². The van der Waals surface area contributed by atoms with E-state index in [0.717, 1.165) is 44.1 Å². The van der Waals surface area contributed by atoms with Crippen LogP contribution in [-0.4, -0.2) is 57.1 Å². The lowest BCUT2D eigenvalue weighted by Gasteiger charge is -2.33. The molecule has 1 fully saturated rings. The first-order chi connectivity index (χ1) is 18.3. The van der Waals surface area contributed by atoms with Gasteiger partial charge >= 0.3 is 6.18 Å². The number of carbonyl (C=O) groups excluding carboxylic acids is 2. The molecule has 0 spiro atoms. The van der Waals surface area contributed by atoms with Gasteiger partial charge in [0, 0.05) is 12.6 Å². The van der Waals surface area contributed by atoms with Gasteiger partial charge in [0.25, 0.3) is 0 Å². The average molecular weight is 570 g/mol. The third-order valence-electron chi connectivity index (χ3n) is 6.74. The van der Waals surface area contributed by atoms with Crippen molar-refractivity contribution >= 4 is 27.5 Å². The number of hydrogen-bond acceptors (Lipinski definition) is 5. The number of sulfonamides is 1. The molecular formula is C27H34F3N3O5S. The Bertz CT molecular complexity index is 1250. The highest BCUT2D eigenvalue weighted by atomic mass is 32.2. The molecule has 12 heteroatoms. The second kappa shape index (κ2) is 12.7. The van der Waals surface area contributed by atoms with E-state index in [1.54, 1.807) is 31.2 Å². The summed E-state index contributed by atoms with van der Waals surface area (Å²) >= 11 is 0. The van der Waals surface area contributed by atoms with Crippen molar-refractivity contribution in [3.05, 3.63) is 59.7 Å². The zero-order valence-electron chi connectivity index (χ0n) is 22.2. The van der Waals surface area contributed by atoms with Gasteiger partial charge in [0.2, 0.25) is 21.8 Å². The molecule has 0 aromatic heterocycles. The van der Waals surface area contributed by atoms with Crippen molar-refractivity contribution in [2.75, 3.05) is 24.2 Å². The molecule has 1 aliphatic carbocycles. The lowest BCUT2D eigenvalue weighted by atomic mass is 10.1. The molecule has 0 aliphatic heterocycles. The quantitative estimate of drug-likeness (QED) is 0.434. The summed E-state index contributed by atoms with van der Waals surface area (Å²) in [5, 5.41) is 3.00. The van der Waals surface area contributed by atoms with Gasteiger partial charge < -0.3 is 15.0 Å². The molecule has 1 saturated carbocycles. The van der Waals surface area contributed by atoms with Crippen molar-refractivity contribution < 1.29 is 35.9 Å². The van der Waals surface area contributed by atoms with Crippen LogP contribution in [0, 0.1) is 0 Å². The van der Waals surface area contributed by atoms with Gasteiger partial charge in [-0.3, -0.25) is 13.9 Å². The van der Waals surface area contributed by atoms with Gasteiger partial charge in [-0.25, -0.2) is 8.42 Å². The van der Waals surface area contributed by atoms with Crippen molar-refractivity contribution in [2.45, 2.75) is 63.8 Å². The Morgan fingerprint density at radius 1 is 1.10 bits per heavy atom. The fourth-order valence-electron chi connectivity index (χ4n) is 4.67. The predicted molar refractivity (Wildman–Crippen MR) is 142 cm³/mol. The minimum atomic E-state index is -4.70. The molecule has 0 radical (unpaired) electrons. The summed E-state index contributed by atoms with van der Waals surface area (Å²) < 4.78 is 71.1. The predicted octanol–water partition coefficient (Wildman–Crippen LogP) is 4.35. The molecule has 0 bridgehead atoms. The van der Waals surface area contributed by atoms with Crippen molar-refractivity contribution in [1.82, 2.24) is 10.2 Å². The van der Waals surface area contributed by atoms with Gasteiger partial charge in [0.15, 0.2) is 0 Å². The number of hydrogen-bond donors (Lipinski definition) is 1. The smallest absolute Gasteiger partial charge is 0.416 e. The molecule has 3 rings (SSSR count). The van der Waals surface area contributed by atoms with E-state index < -0.39 is 40.3 Å². The maximum atomic E-state index is 13.7. The highest BCUT2D eigenvalue weighted by Crippen LogP contribution is 2.32. The molecule has 214 valence electrons. The molecule has 1 atom stereocenters. The van der Waals surface area contributed by atoms with Crippen molar-refractivity contribution in [3.8, 4) is 5.75 Å². The molecule has 0 saturated heterocycles. The number of carbonyl (C=O) groups is 2. The largest absolute Gasteiger partial charge is 0.497 e. The Kier molecular flexibility index (Phi) is 9.87. The van der Waals surface area contributed by atoms with Gasteiger partial charge in [0.1, 0.15) is 18.3 Å². The van der Waals surface area contributed by atoms with Gasteiger partial charge in [-0.2, -0.15) is 13.2 Å². The average Bonchev–Trinajstić information content (AvgIpc) is 3.39. The van der Waals surface area contributed by atoms with Crippen molar-refractivity contribution in [3.63, 3.8) is 0 Å². The van der Waals surface area contributed by atoms with E-state index in [0.29, 0.717) is 21.7 Å². The second-order valence-corrected chi connectivity index (χ2v) is 11.5. The first kappa shape index (κ1) is 30.3. The van der Waals surface area contributed by atoms with Gasteiger partial charge in [-0.15, -0.1) is 0 Å². The maximum absolute atomic E-state index is 13.7. The number of amides is 2. The fraction of sp³-hybridized carbons (Fsp3) is 0.481. The molecular weight excluding hydrogens is 535 g/mol. The number of nitrogens with zero attached hydrogens (tertiary/aromatic N) is 2. The van der Waals surface area contributed by atoms with Crippen LogP contribution in [0.4, 0.5) is 18.9 Å². The molecule has 0 heterocycles. The van der Waals surface area contributed by atoms with Crippen LogP contribution in [0.3, 0.4) is 0 Å². The van der Waals surface area contributed by atoms with Crippen LogP contribution in [0.2, 0.25) is 0 Å². The van der Waals surface area contributed by atoms with E-state index in [-0.39, 0.29) is 30.6 Å². The lowest BCUT2D eigenvalue weighted by molar-refractivity contribution is -0.140. The Balaban J connectivity index is 1.95. The third-order valence-corrected chi connectivity index (χ3v) is 7.88. The topological polar surface area (TPSA) is 96.0 Å². The third kappa shape index (κ3) is 8.11. The van der Waals surface area contributed by atoms with Gasteiger partial charge in [-0.05, 0) is 55.2 Å². The summed E-state index contributed by atoms with van der Waals surface area (Å²) in [6.07, 6.45) is 0.0433. The summed E-state index contributed by atoms with van der Waals surface area (Å²) in [6.45, 7) is 0.956. The first-order valence-corrected chi connectivity index (χ1v) is 14.6. The highest BCUT2D eigenvalue weighted by Gasteiger charge is 2.35. The molecule has 0 unspecified atom stereocenters. The number of alkyl halides is 3. The van der Waals surface area contributed by atoms with Crippen LogP contribution in [0.1, 0.15) is 50.2 Å². The maximum Gasteiger partial charge on any atom is 0.416 e. The van der Waals surface area contributed by atoms with E-state index in [1.807, 2.05) is 0 Å². The summed E-state index contributed by atoms with van der Waals surface area (Å²) in [4.78, 5) is 28.3. The number of anilines is 1. The summed E-state index contributed by atoms with van der Waals surface area (Å²) in [5.74, 6) is -0.478. The van der Waals surface area contributed by atoms with Crippen LogP contribution in [-0.2, 0) is 32.3 Å². The number of benzene rings is 2. The number of rotatable bonds is 11. The van der Waals surface area contributed by atoms with Crippen molar-refractivity contribution in [2.24, 2.45) is 0 Å². The molecule has 2 aromatic rings. The number of ether oxygens (including phenoxy) is 1. The zero-order valence-corrected chi connectivity index (χ0v) is 23.0. The molecule has 1 aliphatic rings. The first-order valence-electron chi connectivity index (χ1n) is 12.7. The van der Waals surface area contributed by atoms with Crippen LogP contribution < -0.4 is 14.4 Å². The van der Waals surface area contributed by atoms with Crippen molar-refractivity contribution in [1.29, 1.82) is 0 Å². The summed E-state index contributed by atoms with van der Waals surface area (Å²) in [5.41, 5.74) is -0.673. The number of nitrogens with one attached hydrogen (secondary N) is 1. The molecule has 39 heavy (non-hydrogen) atoms. The minimum absolute atomic E-state index is 0.00196. The van der Waals surface area contributed by atoms with Gasteiger partial charge in [0.05, 0.1) is 24.6 Å². The van der Waals surface area contributed by atoms with Crippen LogP contribution >= 0.6 is 0 Å². The van der Waals surface area contributed by atoms with E-state index in [2.05, 4.69) is 5.32 Å². The van der Waals surface area contributed by atoms with E-state index in [9.17, 15) is 31.2 Å². The highest BCUT2D eigenvalue weighted by molar-refractivity contribution is 7.92. The fourth-order valence-corrected chi connectivity index (χ4v) is 5.51. The Morgan fingerprint density at radius 3 is 2.28 bits per heavy atom. The van der Waals surface area contributed by atoms with E-state index in [1.165, 1.54) is 18.1 Å². The lowest BCUT2D eigenvalue weighted by Crippen LogP contribution is -2.53. The van der Waals surface area contributed by atoms with Gasteiger partial charge in [-0.1, -0.05) is 38.0 Å². The SMILES string of the molecule is CC[C@@H](C(=O)NC1CCCC1)N(Cc1ccc(OC)cc1)C(=O)CN(c1cccc(C(F)(F)F)c1)S(C)(=O)=O. The second-order valence-electron chi connectivity index (χ2n) is 9.60. The van der Waals surface area contributed by atoms with Crippen LogP contribution in [0.15, 0.2) is 48.5 Å².